The van der Waals surface area contributed by atoms with Gasteiger partial charge in [-0.3, -0.25) is 0 Å². The molecule has 16 heavy (non-hydrogen) atoms. The lowest BCUT2D eigenvalue weighted by molar-refractivity contribution is 0.299. The Morgan fingerprint density at radius 1 is 0.938 bits per heavy atom. The van der Waals surface area contributed by atoms with Crippen molar-refractivity contribution in [3.8, 4) is 11.1 Å². The van der Waals surface area contributed by atoms with Crippen molar-refractivity contribution in [3.63, 3.8) is 0 Å². The molecule has 0 atom stereocenters. The van der Waals surface area contributed by atoms with Crippen molar-refractivity contribution >= 4 is 0 Å². The summed E-state index contributed by atoms with van der Waals surface area (Å²) in [6.07, 6.45) is 0.722. The molecule has 0 radical (unpaired) electrons. The molecule has 0 aliphatic rings. The van der Waals surface area contributed by atoms with E-state index in [0.717, 1.165) is 6.42 Å². The van der Waals surface area contributed by atoms with E-state index in [4.69, 9.17) is 5.11 Å². The minimum absolute atomic E-state index is 0.206. The Hall–Kier alpha value is -1.60. The molecule has 0 saturated heterocycles. The predicted octanol–water partition coefficient (Wildman–Crippen LogP) is 3.20. The maximum absolute atomic E-state index is 8.93. The van der Waals surface area contributed by atoms with E-state index in [-0.39, 0.29) is 6.61 Å². The fourth-order valence-corrected chi connectivity index (χ4v) is 1.86. The second kappa shape index (κ2) is 4.95. The summed E-state index contributed by atoms with van der Waals surface area (Å²) < 4.78 is 0. The van der Waals surface area contributed by atoms with Gasteiger partial charge in [0, 0.05) is 6.61 Å². The molecule has 0 unspecified atom stereocenters. The molecular formula is C15H16O. The van der Waals surface area contributed by atoms with Crippen molar-refractivity contribution in [3.05, 3.63) is 59.7 Å². The molecule has 1 N–H and O–H groups in total. The van der Waals surface area contributed by atoms with Crippen molar-refractivity contribution in [1.29, 1.82) is 0 Å². The third-order valence-corrected chi connectivity index (χ3v) is 2.68. The molecular weight excluding hydrogens is 196 g/mol. The monoisotopic (exact) mass is 212 g/mol. The van der Waals surface area contributed by atoms with Gasteiger partial charge in [0.2, 0.25) is 0 Å². The van der Waals surface area contributed by atoms with Gasteiger partial charge >= 0.3 is 0 Å². The van der Waals surface area contributed by atoms with E-state index in [0.29, 0.717) is 0 Å². The third-order valence-electron chi connectivity index (χ3n) is 2.68. The van der Waals surface area contributed by atoms with Gasteiger partial charge in [-0.25, -0.2) is 0 Å². The minimum atomic E-state index is 0.206. The number of hydrogen-bond donors (Lipinski definition) is 1. The van der Waals surface area contributed by atoms with E-state index in [9.17, 15) is 0 Å². The highest BCUT2D eigenvalue weighted by molar-refractivity contribution is 5.64. The van der Waals surface area contributed by atoms with E-state index < -0.39 is 0 Å². The number of aryl methyl sites for hydroxylation is 1. The van der Waals surface area contributed by atoms with Crippen LogP contribution in [0.2, 0.25) is 0 Å². The Bertz CT molecular complexity index is 474. The zero-order valence-corrected chi connectivity index (χ0v) is 9.48. The van der Waals surface area contributed by atoms with Crippen molar-refractivity contribution in [2.45, 2.75) is 13.3 Å². The highest BCUT2D eigenvalue weighted by Gasteiger charge is 1.99. The summed E-state index contributed by atoms with van der Waals surface area (Å²) in [5.74, 6) is 0. The Morgan fingerprint density at radius 2 is 1.62 bits per heavy atom. The summed E-state index contributed by atoms with van der Waals surface area (Å²) >= 11 is 0. The van der Waals surface area contributed by atoms with Gasteiger partial charge in [0.05, 0.1) is 0 Å². The predicted molar refractivity (Wildman–Crippen MR) is 67.4 cm³/mol. The maximum Gasteiger partial charge on any atom is 0.0471 e. The molecule has 2 rings (SSSR count). The topological polar surface area (TPSA) is 20.2 Å². The molecule has 0 heterocycles. The fourth-order valence-electron chi connectivity index (χ4n) is 1.86. The largest absolute Gasteiger partial charge is 0.396 e. The number of rotatable bonds is 3. The van der Waals surface area contributed by atoms with Crippen LogP contribution in [0.1, 0.15) is 11.1 Å². The molecule has 0 aromatic heterocycles. The van der Waals surface area contributed by atoms with Crippen molar-refractivity contribution < 1.29 is 5.11 Å². The zero-order valence-electron chi connectivity index (χ0n) is 9.48. The smallest absolute Gasteiger partial charge is 0.0471 e. The molecule has 0 amide bonds. The summed E-state index contributed by atoms with van der Waals surface area (Å²) in [7, 11) is 0. The van der Waals surface area contributed by atoms with E-state index in [2.05, 4.69) is 49.4 Å². The number of aliphatic hydroxyl groups is 1. The van der Waals surface area contributed by atoms with Crippen molar-refractivity contribution in [1.82, 2.24) is 0 Å². The van der Waals surface area contributed by atoms with Crippen LogP contribution in [0.15, 0.2) is 48.5 Å². The van der Waals surface area contributed by atoms with E-state index >= 15 is 0 Å². The summed E-state index contributed by atoms with van der Waals surface area (Å²) in [4.78, 5) is 0. The molecule has 0 aliphatic carbocycles. The Kier molecular flexibility index (Phi) is 3.37. The molecule has 0 saturated carbocycles. The first-order valence-electron chi connectivity index (χ1n) is 5.56. The van der Waals surface area contributed by atoms with E-state index in [1.54, 1.807) is 0 Å². The molecule has 1 heteroatoms. The molecule has 2 aromatic carbocycles. The highest BCUT2D eigenvalue weighted by Crippen LogP contribution is 2.21. The number of aliphatic hydroxyl groups excluding tert-OH is 1. The number of benzene rings is 2. The molecule has 82 valence electrons. The first-order valence-corrected chi connectivity index (χ1v) is 5.56. The van der Waals surface area contributed by atoms with Crippen LogP contribution >= 0.6 is 0 Å². The normalized spacial score (nSPS) is 10.4. The molecule has 0 aliphatic heterocycles. The van der Waals surface area contributed by atoms with Crippen LogP contribution in [0.3, 0.4) is 0 Å². The lowest BCUT2D eigenvalue weighted by Gasteiger charge is -2.05. The Labute approximate surface area is 96.4 Å². The van der Waals surface area contributed by atoms with Crippen LogP contribution in [0.25, 0.3) is 11.1 Å². The maximum atomic E-state index is 8.93. The standard InChI is InChI=1S/C15H16O/c1-12-4-2-6-14(10-12)15-7-3-5-13(11-15)8-9-16/h2-7,10-11,16H,8-9H2,1H3. The van der Waals surface area contributed by atoms with Gasteiger partial charge in [0.15, 0.2) is 0 Å². The van der Waals surface area contributed by atoms with Gasteiger partial charge in [-0.05, 0) is 30.0 Å². The average molecular weight is 212 g/mol. The van der Waals surface area contributed by atoms with Crippen LogP contribution in [-0.2, 0) is 6.42 Å². The van der Waals surface area contributed by atoms with Crippen LogP contribution in [-0.4, -0.2) is 11.7 Å². The highest BCUT2D eigenvalue weighted by atomic mass is 16.2. The first-order chi connectivity index (χ1) is 7.79. The summed E-state index contributed by atoms with van der Waals surface area (Å²) in [5.41, 5.74) is 4.90. The van der Waals surface area contributed by atoms with Gasteiger partial charge < -0.3 is 5.11 Å². The number of hydrogen-bond acceptors (Lipinski definition) is 1. The Morgan fingerprint density at radius 3 is 2.31 bits per heavy atom. The quantitative estimate of drug-likeness (QED) is 0.828. The Balaban J connectivity index is 2.36. The van der Waals surface area contributed by atoms with Gasteiger partial charge in [0.25, 0.3) is 0 Å². The van der Waals surface area contributed by atoms with Crippen LogP contribution in [0.4, 0.5) is 0 Å². The SMILES string of the molecule is Cc1cccc(-c2cccc(CCO)c2)c1. The summed E-state index contributed by atoms with van der Waals surface area (Å²) in [6.45, 7) is 2.30. The first kappa shape index (κ1) is 10.9. The van der Waals surface area contributed by atoms with Crippen LogP contribution in [0, 0.1) is 6.92 Å². The molecule has 0 spiro atoms. The minimum Gasteiger partial charge on any atom is -0.396 e. The van der Waals surface area contributed by atoms with Gasteiger partial charge in [-0.2, -0.15) is 0 Å². The van der Waals surface area contributed by atoms with Gasteiger partial charge in [-0.1, -0.05) is 54.1 Å². The second-order valence-electron chi connectivity index (χ2n) is 4.04. The lowest BCUT2D eigenvalue weighted by atomic mass is 10.0. The fraction of sp³-hybridized carbons (Fsp3) is 0.200. The van der Waals surface area contributed by atoms with E-state index in [1.807, 2.05) is 6.07 Å². The second-order valence-corrected chi connectivity index (χ2v) is 4.04. The van der Waals surface area contributed by atoms with Gasteiger partial charge in [-0.15, -0.1) is 0 Å². The van der Waals surface area contributed by atoms with Crippen molar-refractivity contribution in [2.75, 3.05) is 6.61 Å². The molecule has 1 nitrogen and oxygen atoms in total. The molecule has 0 bridgehead atoms. The third kappa shape index (κ3) is 2.50. The zero-order chi connectivity index (χ0) is 11.4. The van der Waals surface area contributed by atoms with Crippen LogP contribution in [0.5, 0.6) is 0 Å². The van der Waals surface area contributed by atoms with Crippen molar-refractivity contribution in [2.24, 2.45) is 0 Å². The summed E-state index contributed by atoms with van der Waals surface area (Å²) in [6, 6.07) is 16.8. The lowest BCUT2D eigenvalue weighted by Crippen LogP contribution is -1.90. The van der Waals surface area contributed by atoms with E-state index in [1.165, 1.54) is 22.3 Å². The molecule has 0 fully saturated rings. The summed E-state index contributed by atoms with van der Waals surface area (Å²) in [5, 5.41) is 8.93. The van der Waals surface area contributed by atoms with Gasteiger partial charge in [0.1, 0.15) is 0 Å². The molecule has 2 aromatic rings. The average Bonchev–Trinajstić information content (AvgIpc) is 2.30. The van der Waals surface area contributed by atoms with Crippen LogP contribution < -0.4 is 0 Å².